The van der Waals surface area contributed by atoms with Crippen LogP contribution in [-0.4, -0.2) is 35.0 Å². The second-order valence-electron chi connectivity index (χ2n) is 4.72. The summed E-state index contributed by atoms with van der Waals surface area (Å²) >= 11 is 5.82. The molecule has 1 aromatic rings. The second-order valence-corrected chi connectivity index (χ2v) is 5.13. The van der Waals surface area contributed by atoms with Crippen LogP contribution in [0.5, 0.6) is 0 Å². The van der Waals surface area contributed by atoms with Crippen LogP contribution >= 0.6 is 11.6 Å². The molecule has 19 heavy (non-hydrogen) atoms. The van der Waals surface area contributed by atoms with Gasteiger partial charge in [0.05, 0.1) is 16.5 Å². The Hall–Kier alpha value is -1.62. The summed E-state index contributed by atoms with van der Waals surface area (Å²) in [5.74, 6) is -2.17. The lowest BCUT2D eigenvalue weighted by atomic mass is 9.86. The molecule has 1 aromatic carbocycles. The Morgan fingerprint density at radius 2 is 2.11 bits per heavy atom. The Labute approximate surface area is 114 Å². The van der Waals surface area contributed by atoms with Gasteiger partial charge in [-0.15, -0.1) is 0 Å². The summed E-state index contributed by atoms with van der Waals surface area (Å²) in [7, 11) is 0. The zero-order valence-electron chi connectivity index (χ0n) is 10.3. The van der Waals surface area contributed by atoms with Crippen molar-refractivity contribution in [3.63, 3.8) is 0 Å². The summed E-state index contributed by atoms with van der Waals surface area (Å²) in [6, 6.07) is 3.61. The van der Waals surface area contributed by atoms with E-state index >= 15 is 0 Å². The maximum absolute atomic E-state index is 12.9. The predicted octanol–water partition coefficient (Wildman–Crippen LogP) is 2.27. The number of nitrogens with zero attached hydrogens (tertiary/aromatic N) is 1. The number of amides is 1. The van der Waals surface area contributed by atoms with Crippen molar-refractivity contribution in [2.45, 2.75) is 6.92 Å². The van der Waals surface area contributed by atoms with Gasteiger partial charge in [-0.1, -0.05) is 18.5 Å². The highest BCUT2D eigenvalue weighted by Crippen LogP contribution is 2.27. The van der Waals surface area contributed by atoms with Crippen LogP contribution < -0.4 is 0 Å². The summed E-state index contributed by atoms with van der Waals surface area (Å²) in [5.41, 5.74) is 0.240. The summed E-state index contributed by atoms with van der Waals surface area (Å²) in [6.07, 6.45) is 0. The number of hydrogen-bond donors (Lipinski definition) is 1. The Balaban J connectivity index is 2.02. The van der Waals surface area contributed by atoms with Gasteiger partial charge in [0.15, 0.2) is 0 Å². The highest BCUT2D eigenvalue weighted by Gasteiger charge is 2.37. The number of rotatable bonds is 3. The minimum atomic E-state index is -0.864. The average molecular weight is 286 g/mol. The fraction of sp³-hybridized carbons (Fsp3) is 0.385. The molecule has 0 radical (unpaired) electrons. The minimum absolute atomic E-state index is 0.0410. The molecule has 0 spiro atoms. The van der Waals surface area contributed by atoms with Crippen LogP contribution in [0.2, 0.25) is 5.02 Å². The van der Waals surface area contributed by atoms with Crippen LogP contribution in [0, 0.1) is 17.7 Å². The molecule has 1 amide bonds. The first-order valence-electron chi connectivity index (χ1n) is 5.87. The number of halogens is 2. The molecule has 0 bridgehead atoms. The highest BCUT2D eigenvalue weighted by atomic mass is 35.5. The molecule has 2 rings (SSSR count). The SMILES string of the molecule is CC(C(=O)O)C1CN(C(=O)c2ccc(F)cc2Cl)C1. The van der Waals surface area contributed by atoms with Gasteiger partial charge in [0.2, 0.25) is 0 Å². The van der Waals surface area contributed by atoms with Gasteiger partial charge in [-0.05, 0) is 18.2 Å². The molecule has 102 valence electrons. The number of likely N-dealkylation sites (tertiary alicyclic amines) is 1. The van der Waals surface area contributed by atoms with Gasteiger partial charge in [0, 0.05) is 19.0 Å². The van der Waals surface area contributed by atoms with Crippen molar-refractivity contribution in [2.75, 3.05) is 13.1 Å². The number of carbonyl (C=O) groups is 2. The summed E-state index contributed by atoms with van der Waals surface area (Å²) < 4.78 is 12.9. The molecule has 1 heterocycles. The molecule has 1 aliphatic heterocycles. The van der Waals surface area contributed by atoms with Crippen LogP contribution in [0.15, 0.2) is 18.2 Å². The molecule has 0 aromatic heterocycles. The fourth-order valence-corrected chi connectivity index (χ4v) is 2.28. The Morgan fingerprint density at radius 3 is 2.63 bits per heavy atom. The van der Waals surface area contributed by atoms with Gasteiger partial charge >= 0.3 is 5.97 Å². The summed E-state index contributed by atoms with van der Waals surface area (Å²) in [4.78, 5) is 24.4. The van der Waals surface area contributed by atoms with Crippen LogP contribution in [0.1, 0.15) is 17.3 Å². The van der Waals surface area contributed by atoms with Crippen molar-refractivity contribution in [3.8, 4) is 0 Å². The molecule has 1 aliphatic rings. The average Bonchev–Trinajstić information content (AvgIpc) is 2.26. The molecule has 4 nitrogen and oxygen atoms in total. The largest absolute Gasteiger partial charge is 0.481 e. The van der Waals surface area contributed by atoms with E-state index in [9.17, 15) is 14.0 Å². The van der Waals surface area contributed by atoms with Crippen molar-refractivity contribution < 1.29 is 19.1 Å². The number of carboxylic acid groups (broad SMARTS) is 1. The second kappa shape index (κ2) is 5.17. The van der Waals surface area contributed by atoms with E-state index in [1.807, 2.05) is 0 Å². The van der Waals surface area contributed by atoms with E-state index in [0.29, 0.717) is 13.1 Å². The van der Waals surface area contributed by atoms with E-state index in [0.717, 1.165) is 6.07 Å². The van der Waals surface area contributed by atoms with Crippen LogP contribution in [0.25, 0.3) is 0 Å². The van der Waals surface area contributed by atoms with Gasteiger partial charge in [-0.25, -0.2) is 4.39 Å². The third kappa shape index (κ3) is 2.71. The van der Waals surface area contributed by atoms with Crippen molar-refractivity contribution in [2.24, 2.45) is 11.8 Å². The molecule has 1 atom stereocenters. The van der Waals surface area contributed by atoms with E-state index in [1.165, 1.54) is 17.0 Å². The molecule has 1 fully saturated rings. The Bertz CT molecular complexity index is 529. The zero-order valence-corrected chi connectivity index (χ0v) is 11.0. The van der Waals surface area contributed by atoms with Gasteiger partial charge in [-0.3, -0.25) is 9.59 Å². The molecule has 0 saturated carbocycles. The number of benzene rings is 1. The molecule has 1 saturated heterocycles. The lowest BCUT2D eigenvalue weighted by molar-refractivity contribution is -0.144. The Morgan fingerprint density at radius 1 is 1.47 bits per heavy atom. The number of carbonyl (C=O) groups excluding carboxylic acids is 1. The number of aliphatic carboxylic acids is 1. The van der Waals surface area contributed by atoms with Crippen LogP contribution in [-0.2, 0) is 4.79 Å². The van der Waals surface area contributed by atoms with Gasteiger partial charge in [0.25, 0.3) is 5.91 Å². The first-order chi connectivity index (χ1) is 8.90. The quantitative estimate of drug-likeness (QED) is 0.927. The topological polar surface area (TPSA) is 57.6 Å². The van der Waals surface area contributed by atoms with Gasteiger partial charge in [0.1, 0.15) is 5.82 Å². The fourth-order valence-electron chi connectivity index (χ4n) is 2.03. The highest BCUT2D eigenvalue weighted by molar-refractivity contribution is 6.33. The van der Waals surface area contributed by atoms with Gasteiger partial charge in [-0.2, -0.15) is 0 Å². The third-order valence-corrected chi connectivity index (χ3v) is 3.77. The smallest absolute Gasteiger partial charge is 0.306 e. The number of carboxylic acids is 1. The van der Waals surface area contributed by atoms with Crippen LogP contribution in [0.4, 0.5) is 4.39 Å². The molecule has 1 N–H and O–H groups in total. The van der Waals surface area contributed by atoms with E-state index in [2.05, 4.69) is 0 Å². The van der Waals surface area contributed by atoms with Crippen molar-refractivity contribution in [1.82, 2.24) is 4.90 Å². The standard InChI is InChI=1S/C13H13ClFNO3/c1-7(13(18)19)8-5-16(6-8)12(17)10-3-2-9(15)4-11(10)14/h2-4,7-8H,5-6H2,1H3,(H,18,19). The predicted molar refractivity (Wildman–Crippen MR) is 67.6 cm³/mol. The van der Waals surface area contributed by atoms with Gasteiger partial charge < -0.3 is 10.0 Å². The van der Waals surface area contributed by atoms with Crippen molar-refractivity contribution in [1.29, 1.82) is 0 Å². The monoisotopic (exact) mass is 285 g/mol. The lowest BCUT2D eigenvalue weighted by Crippen LogP contribution is -2.53. The normalized spacial score (nSPS) is 16.9. The molecular weight excluding hydrogens is 273 g/mol. The molecule has 0 aliphatic carbocycles. The molecular formula is C13H13ClFNO3. The van der Waals surface area contributed by atoms with Crippen molar-refractivity contribution >= 4 is 23.5 Å². The van der Waals surface area contributed by atoms with E-state index < -0.39 is 17.7 Å². The molecule has 1 unspecified atom stereocenters. The molecule has 6 heteroatoms. The van der Waals surface area contributed by atoms with Crippen LogP contribution in [0.3, 0.4) is 0 Å². The summed E-state index contributed by atoms with van der Waals surface area (Å²) in [6.45, 7) is 2.40. The Kier molecular flexibility index (Phi) is 3.75. The third-order valence-electron chi connectivity index (χ3n) is 3.46. The maximum Gasteiger partial charge on any atom is 0.306 e. The lowest BCUT2D eigenvalue weighted by Gasteiger charge is -2.41. The van der Waals surface area contributed by atoms with E-state index in [-0.39, 0.29) is 22.4 Å². The van der Waals surface area contributed by atoms with E-state index in [4.69, 9.17) is 16.7 Å². The van der Waals surface area contributed by atoms with E-state index in [1.54, 1.807) is 6.92 Å². The minimum Gasteiger partial charge on any atom is -0.481 e. The first kappa shape index (κ1) is 13.8. The van der Waals surface area contributed by atoms with Crippen molar-refractivity contribution in [3.05, 3.63) is 34.6 Å². The number of hydrogen-bond acceptors (Lipinski definition) is 2. The zero-order chi connectivity index (χ0) is 14.2. The first-order valence-corrected chi connectivity index (χ1v) is 6.25. The maximum atomic E-state index is 12.9. The summed E-state index contributed by atoms with van der Waals surface area (Å²) in [5, 5.41) is 8.94.